The third kappa shape index (κ3) is 3.40. The highest BCUT2D eigenvalue weighted by atomic mass is 16.5. The number of methoxy groups -OCH3 is 1. The highest BCUT2D eigenvalue weighted by Crippen LogP contribution is 2.25. The SMILES string of the molecule is COC(=O)c1cc(N(C)CC(=O)N(C)C)cc(C)c1N. The van der Waals surface area contributed by atoms with Crippen LogP contribution in [0.15, 0.2) is 12.1 Å². The summed E-state index contributed by atoms with van der Waals surface area (Å²) in [6, 6.07) is 3.47. The molecule has 0 saturated carbocycles. The second-order valence-electron chi connectivity index (χ2n) is 4.86. The van der Waals surface area contributed by atoms with Crippen molar-refractivity contribution < 1.29 is 14.3 Å². The van der Waals surface area contributed by atoms with Crippen LogP contribution in [0.4, 0.5) is 11.4 Å². The van der Waals surface area contributed by atoms with E-state index in [9.17, 15) is 9.59 Å². The Bertz CT molecular complexity index is 527. The molecule has 6 heteroatoms. The third-order valence-electron chi connectivity index (χ3n) is 3.09. The van der Waals surface area contributed by atoms with Crippen LogP contribution in [0.25, 0.3) is 0 Å². The number of likely N-dealkylation sites (N-methyl/N-ethyl adjacent to an activating group) is 2. The number of ether oxygens (including phenoxy) is 1. The molecule has 1 amide bonds. The average molecular weight is 279 g/mol. The number of nitrogen functional groups attached to an aromatic ring is 1. The first-order chi connectivity index (χ1) is 9.27. The molecule has 0 unspecified atom stereocenters. The van der Waals surface area contributed by atoms with Gasteiger partial charge in [0.1, 0.15) is 0 Å². The number of carbonyl (C=O) groups excluding carboxylic acids is 2. The summed E-state index contributed by atoms with van der Waals surface area (Å²) < 4.78 is 4.71. The monoisotopic (exact) mass is 279 g/mol. The molecular formula is C14H21N3O3. The van der Waals surface area contributed by atoms with Gasteiger partial charge in [-0.05, 0) is 24.6 Å². The number of hydrogen-bond acceptors (Lipinski definition) is 5. The molecule has 2 N–H and O–H groups in total. The molecule has 110 valence electrons. The molecule has 0 heterocycles. The lowest BCUT2D eigenvalue weighted by Crippen LogP contribution is -2.34. The van der Waals surface area contributed by atoms with Crippen LogP contribution >= 0.6 is 0 Å². The van der Waals surface area contributed by atoms with Gasteiger partial charge >= 0.3 is 5.97 Å². The highest BCUT2D eigenvalue weighted by Gasteiger charge is 2.16. The summed E-state index contributed by atoms with van der Waals surface area (Å²) >= 11 is 0. The number of nitrogens with zero attached hydrogens (tertiary/aromatic N) is 2. The zero-order valence-corrected chi connectivity index (χ0v) is 12.6. The number of carbonyl (C=O) groups is 2. The standard InChI is InChI=1S/C14H21N3O3/c1-9-6-10(17(4)8-12(18)16(2)3)7-11(13(9)15)14(19)20-5/h6-7H,8,15H2,1-5H3. The van der Waals surface area contributed by atoms with Crippen molar-refractivity contribution in [1.82, 2.24) is 4.90 Å². The Labute approximate surface area is 119 Å². The zero-order valence-electron chi connectivity index (χ0n) is 12.6. The van der Waals surface area contributed by atoms with Crippen molar-refractivity contribution in [3.63, 3.8) is 0 Å². The average Bonchev–Trinajstić information content (AvgIpc) is 2.40. The number of benzene rings is 1. The lowest BCUT2D eigenvalue weighted by molar-refractivity contribution is -0.127. The molecule has 6 nitrogen and oxygen atoms in total. The van der Waals surface area contributed by atoms with Gasteiger partial charge in [-0.15, -0.1) is 0 Å². The van der Waals surface area contributed by atoms with Crippen molar-refractivity contribution in [2.45, 2.75) is 6.92 Å². The van der Waals surface area contributed by atoms with Gasteiger partial charge in [0, 0.05) is 32.5 Å². The van der Waals surface area contributed by atoms with Gasteiger partial charge in [-0.3, -0.25) is 4.79 Å². The normalized spacial score (nSPS) is 10.1. The van der Waals surface area contributed by atoms with E-state index in [-0.39, 0.29) is 12.5 Å². The maximum Gasteiger partial charge on any atom is 0.340 e. The van der Waals surface area contributed by atoms with Crippen LogP contribution in [0.2, 0.25) is 0 Å². The first-order valence-corrected chi connectivity index (χ1v) is 6.17. The predicted octanol–water partition coefficient (Wildman–Crippen LogP) is 0.888. The molecule has 0 bridgehead atoms. The fraction of sp³-hybridized carbons (Fsp3) is 0.429. The van der Waals surface area contributed by atoms with Crippen LogP contribution in [0, 0.1) is 6.92 Å². The first-order valence-electron chi connectivity index (χ1n) is 6.17. The quantitative estimate of drug-likeness (QED) is 0.654. The number of amides is 1. The molecule has 0 fully saturated rings. The lowest BCUT2D eigenvalue weighted by atomic mass is 10.1. The second-order valence-corrected chi connectivity index (χ2v) is 4.86. The van der Waals surface area contributed by atoms with Gasteiger partial charge in [-0.1, -0.05) is 0 Å². The minimum absolute atomic E-state index is 0.0263. The molecule has 20 heavy (non-hydrogen) atoms. The van der Waals surface area contributed by atoms with Crippen LogP contribution in [0.1, 0.15) is 15.9 Å². The summed E-state index contributed by atoms with van der Waals surface area (Å²) in [5, 5.41) is 0. The van der Waals surface area contributed by atoms with Gasteiger partial charge in [-0.2, -0.15) is 0 Å². The molecule has 1 aromatic carbocycles. The van der Waals surface area contributed by atoms with Crippen LogP contribution in [0.5, 0.6) is 0 Å². The van der Waals surface area contributed by atoms with E-state index < -0.39 is 5.97 Å². The largest absolute Gasteiger partial charge is 0.465 e. The van der Waals surface area contributed by atoms with Crippen LogP contribution in [0.3, 0.4) is 0 Å². The van der Waals surface area contributed by atoms with Crippen molar-refractivity contribution in [3.8, 4) is 0 Å². The number of aryl methyl sites for hydroxylation is 1. The van der Waals surface area contributed by atoms with Crippen LogP contribution in [-0.4, -0.2) is 51.6 Å². The molecule has 0 aliphatic rings. The Morgan fingerprint density at radius 2 is 1.85 bits per heavy atom. The highest BCUT2D eigenvalue weighted by molar-refractivity contribution is 5.97. The van der Waals surface area contributed by atoms with Crippen LogP contribution in [-0.2, 0) is 9.53 Å². The number of hydrogen-bond donors (Lipinski definition) is 1. The van der Waals surface area contributed by atoms with Gasteiger partial charge < -0.3 is 20.3 Å². The minimum Gasteiger partial charge on any atom is -0.465 e. The van der Waals surface area contributed by atoms with Crippen molar-refractivity contribution in [2.75, 3.05) is 45.4 Å². The van der Waals surface area contributed by atoms with Crippen LogP contribution < -0.4 is 10.6 Å². The van der Waals surface area contributed by atoms with E-state index >= 15 is 0 Å². The number of rotatable bonds is 4. The molecule has 0 aliphatic heterocycles. The van der Waals surface area contributed by atoms with E-state index in [1.165, 1.54) is 12.0 Å². The van der Waals surface area contributed by atoms with E-state index in [1.807, 2.05) is 13.0 Å². The molecule has 0 spiro atoms. The molecule has 0 radical (unpaired) electrons. The Balaban J connectivity index is 3.10. The summed E-state index contributed by atoms with van der Waals surface area (Å²) in [6.07, 6.45) is 0. The van der Waals surface area contributed by atoms with E-state index in [4.69, 9.17) is 10.5 Å². The minimum atomic E-state index is -0.486. The zero-order chi connectivity index (χ0) is 15.4. The summed E-state index contributed by atoms with van der Waals surface area (Å²) in [7, 11) is 6.49. The maximum absolute atomic E-state index is 11.7. The molecule has 0 aromatic heterocycles. The van der Waals surface area contributed by atoms with E-state index in [1.54, 1.807) is 32.1 Å². The predicted molar refractivity (Wildman–Crippen MR) is 78.9 cm³/mol. The Hall–Kier alpha value is -2.24. The molecule has 0 saturated heterocycles. The van der Waals surface area contributed by atoms with E-state index in [0.717, 1.165) is 11.3 Å². The fourth-order valence-electron chi connectivity index (χ4n) is 1.71. The first kappa shape index (κ1) is 15.8. The summed E-state index contributed by atoms with van der Waals surface area (Å²) in [5.74, 6) is -0.513. The molecule has 1 rings (SSSR count). The molecule has 1 aromatic rings. The molecule has 0 aliphatic carbocycles. The Kier molecular flexibility index (Phi) is 4.96. The number of anilines is 2. The van der Waals surface area contributed by atoms with Crippen molar-refractivity contribution in [3.05, 3.63) is 23.3 Å². The fourth-order valence-corrected chi connectivity index (χ4v) is 1.71. The van der Waals surface area contributed by atoms with Crippen molar-refractivity contribution in [1.29, 1.82) is 0 Å². The van der Waals surface area contributed by atoms with Crippen molar-refractivity contribution in [2.24, 2.45) is 0 Å². The second kappa shape index (κ2) is 6.27. The van der Waals surface area contributed by atoms with Gasteiger partial charge in [0.25, 0.3) is 0 Å². The van der Waals surface area contributed by atoms with Gasteiger partial charge in [0.05, 0.1) is 19.2 Å². The van der Waals surface area contributed by atoms with E-state index in [0.29, 0.717) is 11.3 Å². The van der Waals surface area contributed by atoms with Gasteiger partial charge in [-0.25, -0.2) is 4.79 Å². The maximum atomic E-state index is 11.7. The van der Waals surface area contributed by atoms with E-state index in [2.05, 4.69) is 0 Å². The molecular weight excluding hydrogens is 258 g/mol. The number of nitrogens with two attached hydrogens (primary N) is 1. The number of esters is 1. The topological polar surface area (TPSA) is 75.9 Å². The summed E-state index contributed by atoms with van der Waals surface area (Å²) in [4.78, 5) is 26.7. The van der Waals surface area contributed by atoms with Gasteiger partial charge in [0.2, 0.25) is 5.91 Å². The summed E-state index contributed by atoms with van der Waals surface area (Å²) in [5.41, 5.74) is 8.10. The Morgan fingerprint density at radius 3 is 2.35 bits per heavy atom. The Morgan fingerprint density at radius 1 is 1.25 bits per heavy atom. The van der Waals surface area contributed by atoms with Crippen molar-refractivity contribution >= 4 is 23.3 Å². The third-order valence-corrected chi connectivity index (χ3v) is 3.09. The smallest absolute Gasteiger partial charge is 0.340 e. The lowest BCUT2D eigenvalue weighted by Gasteiger charge is -2.22. The molecule has 0 atom stereocenters. The summed E-state index contributed by atoms with van der Waals surface area (Å²) in [6.45, 7) is 2.03. The van der Waals surface area contributed by atoms with Gasteiger partial charge in [0.15, 0.2) is 0 Å².